The van der Waals surface area contributed by atoms with E-state index in [4.69, 9.17) is 28.4 Å². The second kappa shape index (κ2) is 6.49. The van der Waals surface area contributed by atoms with E-state index in [0.717, 1.165) is 19.3 Å². The Balaban J connectivity index is 1.76. The SMILES string of the molecule is CCC1(C)OCC(C2OC(C)(CC)OC2C2COC(C)(CC)O2)O1. The van der Waals surface area contributed by atoms with Gasteiger partial charge >= 0.3 is 0 Å². The zero-order valence-corrected chi connectivity index (χ0v) is 15.8. The summed E-state index contributed by atoms with van der Waals surface area (Å²) in [6.07, 6.45) is 1.58. The maximum atomic E-state index is 6.28. The first-order valence-electron chi connectivity index (χ1n) is 9.24. The summed E-state index contributed by atoms with van der Waals surface area (Å²) in [6, 6.07) is 0. The molecule has 6 unspecified atom stereocenters. The Bertz CT molecular complexity index is 421. The molecule has 6 nitrogen and oxygen atoms in total. The number of rotatable bonds is 5. The van der Waals surface area contributed by atoms with E-state index in [0.29, 0.717) is 13.2 Å². The summed E-state index contributed by atoms with van der Waals surface area (Å²) in [5, 5.41) is 0. The molecule has 0 aromatic rings. The third kappa shape index (κ3) is 3.37. The van der Waals surface area contributed by atoms with Gasteiger partial charge in [-0.15, -0.1) is 0 Å². The minimum Gasteiger partial charge on any atom is -0.347 e. The van der Waals surface area contributed by atoms with Crippen molar-refractivity contribution in [2.24, 2.45) is 0 Å². The number of hydrogen-bond donors (Lipinski definition) is 0. The van der Waals surface area contributed by atoms with Crippen LogP contribution in [0.3, 0.4) is 0 Å². The van der Waals surface area contributed by atoms with Crippen LogP contribution in [0.25, 0.3) is 0 Å². The van der Waals surface area contributed by atoms with E-state index in [2.05, 4.69) is 20.8 Å². The second-order valence-corrected chi connectivity index (χ2v) is 7.56. The van der Waals surface area contributed by atoms with Crippen LogP contribution in [0.15, 0.2) is 0 Å². The molecule has 140 valence electrons. The van der Waals surface area contributed by atoms with E-state index >= 15 is 0 Å². The van der Waals surface area contributed by atoms with E-state index in [1.165, 1.54) is 0 Å². The highest BCUT2D eigenvalue weighted by Gasteiger charge is 2.56. The summed E-state index contributed by atoms with van der Waals surface area (Å²) in [4.78, 5) is 0. The van der Waals surface area contributed by atoms with Gasteiger partial charge in [-0.1, -0.05) is 20.8 Å². The van der Waals surface area contributed by atoms with Gasteiger partial charge in [0.1, 0.15) is 24.4 Å². The predicted molar refractivity (Wildman–Crippen MR) is 87.5 cm³/mol. The Morgan fingerprint density at radius 2 is 1.00 bits per heavy atom. The van der Waals surface area contributed by atoms with Crippen LogP contribution >= 0.6 is 0 Å². The highest BCUT2D eigenvalue weighted by atomic mass is 16.8. The van der Waals surface area contributed by atoms with Crippen LogP contribution < -0.4 is 0 Å². The Kier molecular flexibility index (Phi) is 5.01. The fourth-order valence-corrected chi connectivity index (χ4v) is 3.47. The van der Waals surface area contributed by atoms with Crippen LogP contribution in [0.4, 0.5) is 0 Å². The van der Waals surface area contributed by atoms with Gasteiger partial charge in [0, 0.05) is 0 Å². The minimum atomic E-state index is -0.627. The monoisotopic (exact) mass is 344 g/mol. The van der Waals surface area contributed by atoms with Gasteiger partial charge < -0.3 is 28.4 Å². The topological polar surface area (TPSA) is 55.4 Å². The van der Waals surface area contributed by atoms with E-state index < -0.39 is 17.4 Å². The third-order valence-electron chi connectivity index (χ3n) is 5.66. The molecular weight excluding hydrogens is 312 g/mol. The molecule has 0 amide bonds. The fourth-order valence-electron chi connectivity index (χ4n) is 3.47. The van der Waals surface area contributed by atoms with Gasteiger partial charge in [-0.2, -0.15) is 0 Å². The summed E-state index contributed by atoms with van der Waals surface area (Å²) in [7, 11) is 0. The van der Waals surface area contributed by atoms with Gasteiger partial charge in [0.15, 0.2) is 17.4 Å². The van der Waals surface area contributed by atoms with Crippen LogP contribution in [0.2, 0.25) is 0 Å². The zero-order valence-electron chi connectivity index (χ0n) is 15.8. The summed E-state index contributed by atoms with van der Waals surface area (Å²) >= 11 is 0. The molecule has 0 aliphatic carbocycles. The van der Waals surface area contributed by atoms with Crippen LogP contribution in [-0.4, -0.2) is 55.0 Å². The standard InChI is InChI=1S/C18H32O6/c1-7-16(4)19-10-12(21-16)14-15(24-18(6,9-3)23-14)13-11-20-17(5,8-2)22-13/h12-15H,7-11H2,1-6H3. The van der Waals surface area contributed by atoms with E-state index in [9.17, 15) is 0 Å². The van der Waals surface area contributed by atoms with Crippen LogP contribution in [-0.2, 0) is 28.4 Å². The smallest absolute Gasteiger partial charge is 0.166 e. The predicted octanol–water partition coefficient (Wildman–Crippen LogP) is 2.98. The van der Waals surface area contributed by atoms with Crippen LogP contribution in [0.5, 0.6) is 0 Å². The first-order chi connectivity index (χ1) is 11.3. The molecule has 0 radical (unpaired) electrons. The lowest BCUT2D eigenvalue weighted by Gasteiger charge is -2.28. The Hall–Kier alpha value is -0.240. The molecule has 3 saturated heterocycles. The quantitative estimate of drug-likeness (QED) is 0.764. The molecule has 0 N–H and O–H groups in total. The van der Waals surface area contributed by atoms with Crippen molar-refractivity contribution in [3.05, 3.63) is 0 Å². The van der Waals surface area contributed by atoms with Crippen molar-refractivity contribution in [2.75, 3.05) is 13.2 Å². The van der Waals surface area contributed by atoms with E-state index in [-0.39, 0.29) is 24.4 Å². The van der Waals surface area contributed by atoms with Gasteiger partial charge in [0.05, 0.1) is 13.2 Å². The van der Waals surface area contributed by atoms with Crippen molar-refractivity contribution in [3.63, 3.8) is 0 Å². The van der Waals surface area contributed by atoms with Crippen molar-refractivity contribution < 1.29 is 28.4 Å². The summed E-state index contributed by atoms with van der Waals surface area (Å²) in [5.74, 6) is -1.72. The van der Waals surface area contributed by atoms with Crippen LogP contribution in [0, 0.1) is 0 Å². The van der Waals surface area contributed by atoms with Crippen molar-refractivity contribution in [2.45, 2.75) is 103 Å². The highest BCUT2D eigenvalue weighted by Crippen LogP contribution is 2.42. The van der Waals surface area contributed by atoms with Crippen LogP contribution in [0.1, 0.15) is 60.8 Å². The Morgan fingerprint density at radius 1 is 0.625 bits per heavy atom. The highest BCUT2D eigenvalue weighted by molar-refractivity contribution is 4.97. The maximum absolute atomic E-state index is 6.28. The summed E-state index contributed by atoms with van der Waals surface area (Å²) in [5.41, 5.74) is 0. The van der Waals surface area contributed by atoms with Crippen molar-refractivity contribution in [1.29, 1.82) is 0 Å². The van der Waals surface area contributed by atoms with Crippen molar-refractivity contribution in [3.8, 4) is 0 Å². The molecule has 6 heteroatoms. The summed E-state index contributed by atoms with van der Waals surface area (Å²) < 4.78 is 36.6. The molecule has 0 saturated carbocycles. The molecule has 6 atom stereocenters. The maximum Gasteiger partial charge on any atom is 0.166 e. The lowest BCUT2D eigenvalue weighted by Crippen LogP contribution is -2.45. The largest absolute Gasteiger partial charge is 0.347 e. The summed E-state index contributed by atoms with van der Waals surface area (Å²) in [6.45, 7) is 13.1. The van der Waals surface area contributed by atoms with E-state index in [1.807, 2.05) is 20.8 Å². The molecule has 0 spiro atoms. The van der Waals surface area contributed by atoms with E-state index in [1.54, 1.807) is 0 Å². The lowest BCUT2D eigenvalue weighted by molar-refractivity contribution is -0.193. The van der Waals surface area contributed by atoms with Crippen molar-refractivity contribution in [1.82, 2.24) is 0 Å². The number of hydrogen-bond acceptors (Lipinski definition) is 6. The molecule has 3 fully saturated rings. The second-order valence-electron chi connectivity index (χ2n) is 7.56. The average Bonchev–Trinajstić information content (AvgIpc) is 3.25. The molecule has 3 rings (SSSR count). The van der Waals surface area contributed by atoms with Crippen molar-refractivity contribution >= 4 is 0 Å². The Labute approximate surface area is 145 Å². The zero-order chi connectivity index (χ0) is 17.6. The molecule has 3 heterocycles. The fraction of sp³-hybridized carbons (Fsp3) is 1.00. The lowest BCUT2D eigenvalue weighted by atomic mass is 10.0. The molecule has 3 aliphatic heterocycles. The Morgan fingerprint density at radius 3 is 1.29 bits per heavy atom. The normalized spacial score (nSPS) is 52.2. The van der Waals surface area contributed by atoms with Gasteiger partial charge in [-0.3, -0.25) is 0 Å². The molecule has 0 aromatic heterocycles. The van der Waals surface area contributed by atoms with Gasteiger partial charge in [0.2, 0.25) is 0 Å². The molecular formula is C18H32O6. The van der Waals surface area contributed by atoms with Gasteiger partial charge in [-0.05, 0) is 40.0 Å². The molecule has 24 heavy (non-hydrogen) atoms. The minimum absolute atomic E-state index is 0.162. The molecule has 0 aromatic carbocycles. The molecule has 3 aliphatic rings. The van der Waals surface area contributed by atoms with Gasteiger partial charge in [-0.25, -0.2) is 0 Å². The number of ether oxygens (including phenoxy) is 6. The van der Waals surface area contributed by atoms with Gasteiger partial charge in [0.25, 0.3) is 0 Å². The average molecular weight is 344 g/mol. The first kappa shape index (κ1) is 18.5. The molecule has 0 bridgehead atoms. The first-order valence-corrected chi connectivity index (χ1v) is 9.24. The third-order valence-corrected chi connectivity index (χ3v) is 5.66.